The Morgan fingerprint density at radius 1 is 1.35 bits per heavy atom. The smallest absolute Gasteiger partial charge is 0.335 e. The Morgan fingerprint density at radius 2 is 2.05 bits per heavy atom. The quantitative estimate of drug-likeness (QED) is 0.925. The molecule has 1 N–H and O–H groups in total. The van der Waals surface area contributed by atoms with Gasteiger partial charge in [0.15, 0.2) is 0 Å². The van der Waals surface area contributed by atoms with Gasteiger partial charge in [0.05, 0.1) is 11.7 Å². The van der Waals surface area contributed by atoms with Crippen molar-refractivity contribution in [3.05, 3.63) is 46.5 Å². The molecular formula is C16H17ClO3. The molecule has 20 heavy (non-hydrogen) atoms. The summed E-state index contributed by atoms with van der Waals surface area (Å²) in [6.07, 6.45) is 4.16. The molecule has 0 heterocycles. The SMILES string of the molecule is COC1CC(Cl)=CC2CC(c3ccc(C(=O)O)cc3)[C@H]21. The number of rotatable bonds is 3. The van der Waals surface area contributed by atoms with Crippen molar-refractivity contribution >= 4 is 17.6 Å². The molecule has 4 heteroatoms. The van der Waals surface area contributed by atoms with E-state index in [9.17, 15) is 4.79 Å². The summed E-state index contributed by atoms with van der Waals surface area (Å²) in [6.45, 7) is 0. The van der Waals surface area contributed by atoms with Crippen LogP contribution in [-0.2, 0) is 4.74 Å². The lowest BCUT2D eigenvalue weighted by molar-refractivity contribution is -0.0257. The highest BCUT2D eigenvalue weighted by Gasteiger charge is 2.47. The van der Waals surface area contributed by atoms with Gasteiger partial charge in [-0.25, -0.2) is 4.79 Å². The van der Waals surface area contributed by atoms with Crippen molar-refractivity contribution in [1.82, 2.24) is 0 Å². The average molecular weight is 293 g/mol. The highest BCUT2D eigenvalue weighted by Crippen LogP contribution is 2.54. The first kappa shape index (κ1) is 13.7. The second kappa shape index (κ2) is 5.23. The number of aromatic carboxylic acids is 1. The van der Waals surface area contributed by atoms with Crippen LogP contribution in [-0.4, -0.2) is 24.3 Å². The fraction of sp³-hybridized carbons (Fsp3) is 0.438. The summed E-state index contributed by atoms with van der Waals surface area (Å²) in [5, 5.41) is 9.84. The Balaban J connectivity index is 1.81. The van der Waals surface area contributed by atoms with Crippen LogP contribution < -0.4 is 0 Å². The van der Waals surface area contributed by atoms with Crippen LogP contribution in [0.4, 0.5) is 0 Å². The number of allylic oxidation sites excluding steroid dienone is 1. The van der Waals surface area contributed by atoms with E-state index >= 15 is 0 Å². The number of hydrogen-bond acceptors (Lipinski definition) is 2. The van der Waals surface area contributed by atoms with Crippen LogP contribution >= 0.6 is 11.6 Å². The van der Waals surface area contributed by atoms with Crippen LogP contribution in [0.1, 0.15) is 34.7 Å². The molecule has 0 aliphatic heterocycles. The van der Waals surface area contributed by atoms with E-state index in [4.69, 9.17) is 21.4 Å². The van der Waals surface area contributed by atoms with E-state index in [1.807, 2.05) is 12.1 Å². The molecular weight excluding hydrogens is 276 g/mol. The fourth-order valence-corrected chi connectivity index (χ4v) is 3.84. The number of carboxylic acid groups (broad SMARTS) is 1. The molecule has 4 atom stereocenters. The molecule has 0 spiro atoms. The standard InChI is InChI=1S/C16H17ClO3/c1-20-14-8-12(17)6-11-7-13(15(11)14)9-2-4-10(5-3-9)16(18)19/h2-6,11,13-15H,7-8H2,1H3,(H,18,19)/t11?,13?,14?,15-/m0/s1. The topological polar surface area (TPSA) is 46.5 Å². The van der Waals surface area contributed by atoms with Gasteiger partial charge in [0, 0.05) is 18.6 Å². The summed E-state index contributed by atoms with van der Waals surface area (Å²) < 4.78 is 5.59. The van der Waals surface area contributed by atoms with Gasteiger partial charge in [-0.05, 0) is 41.9 Å². The Bertz CT molecular complexity index is 549. The molecule has 3 nitrogen and oxygen atoms in total. The van der Waals surface area contributed by atoms with Crippen molar-refractivity contribution in [2.75, 3.05) is 7.11 Å². The van der Waals surface area contributed by atoms with Gasteiger partial charge in [0.1, 0.15) is 0 Å². The number of benzene rings is 1. The van der Waals surface area contributed by atoms with E-state index in [1.165, 1.54) is 5.56 Å². The zero-order valence-corrected chi connectivity index (χ0v) is 12.0. The van der Waals surface area contributed by atoms with E-state index in [0.717, 1.165) is 17.9 Å². The van der Waals surface area contributed by atoms with E-state index in [1.54, 1.807) is 19.2 Å². The lowest BCUT2D eigenvalue weighted by atomic mass is 9.57. The molecule has 0 radical (unpaired) electrons. The first-order valence-corrected chi connectivity index (χ1v) is 7.20. The molecule has 0 aromatic heterocycles. The second-order valence-electron chi connectivity index (χ2n) is 5.60. The summed E-state index contributed by atoms with van der Waals surface area (Å²) in [4.78, 5) is 10.9. The summed E-state index contributed by atoms with van der Waals surface area (Å²) in [5.74, 6) is 0.502. The molecule has 1 saturated carbocycles. The summed E-state index contributed by atoms with van der Waals surface area (Å²) in [5.41, 5.74) is 1.53. The zero-order chi connectivity index (χ0) is 14.3. The summed E-state index contributed by atoms with van der Waals surface area (Å²) in [6, 6.07) is 7.21. The zero-order valence-electron chi connectivity index (χ0n) is 11.3. The van der Waals surface area contributed by atoms with Crippen LogP contribution in [0.2, 0.25) is 0 Å². The molecule has 1 fully saturated rings. The number of carboxylic acids is 1. The largest absolute Gasteiger partial charge is 0.478 e. The van der Waals surface area contributed by atoms with E-state index < -0.39 is 5.97 Å². The average Bonchev–Trinajstić information content (AvgIpc) is 2.41. The van der Waals surface area contributed by atoms with Gasteiger partial charge < -0.3 is 9.84 Å². The van der Waals surface area contributed by atoms with E-state index in [-0.39, 0.29) is 6.10 Å². The number of hydrogen-bond donors (Lipinski definition) is 1. The van der Waals surface area contributed by atoms with Crippen LogP contribution in [0.15, 0.2) is 35.4 Å². The Morgan fingerprint density at radius 3 is 2.65 bits per heavy atom. The van der Waals surface area contributed by atoms with Gasteiger partial charge in [-0.2, -0.15) is 0 Å². The molecule has 3 unspecified atom stereocenters. The number of carbonyl (C=O) groups is 1. The van der Waals surface area contributed by atoms with Crippen molar-refractivity contribution in [3.63, 3.8) is 0 Å². The number of ether oxygens (including phenoxy) is 1. The maximum atomic E-state index is 10.9. The summed E-state index contributed by atoms with van der Waals surface area (Å²) >= 11 is 6.15. The molecule has 2 aliphatic carbocycles. The summed E-state index contributed by atoms with van der Waals surface area (Å²) in [7, 11) is 1.74. The number of halogens is 1. The third kappa shape index (κ3) is 2.25. The molecule has 1 aromatic carbocycles. The van der Waals surface area contributed by atoms with Gasteiger partial charge in [0.25, 0.3) is 0 Å². The fourth-order valence-electron chi connectivity index (χ4n) is 3.52. The molecule has 0 bridgehead atoms. The van der Waals surface area contributed by atoms with Crippen molar-refractivity contribution in [1.29, 1.82) is 0 Å². The van der Waals surface area contributed by atoms with Gasteiger partial charge in [0.2, 0.25) is 0 Å². The monoisotopic (exact) mass is 292 g/mol. The van der Waals surface area contributed by atoms with E-state index in [0.29, 0.717) is 23.3 Å². The van der Waals surface area contributed by atoms with Crippen LogP contribution in [0.3, 0.4) is 0 Å². The number of methoxy groups -OCH3 is 1. The first-order chi connectivity index (χ1) is 9.60. The van der Waals surface area contributed by atoms with Crippen LogP contribution in [0, 0.1) is 11.8 Å². The predicted octanol–water partition coefficient (Wildman–Crippen LogP) is 3.65. The Labute approximate surface area is 123 Å². The molecule has 0 amide bonds. The highest BCUT2D eigenvalue weighted by molar-refractivity contribution is 6.29. The van der Waals surface area contributed by atoms with Crippen molar-refractivity contribution in [2.45, 2.75) is 24.9 Å². The second-order valence-corrected chi connectivity index (χ2v) is 6.09. The molecule has 3 rings (SSSR count). The molecule has 2 aliphatic rings. The minimum absolute atomic E-state index is 0.162. The molecule has 1 aromatic rings. The van der Waals surface area contributed by atoms with Gasteiger partial charge in [-0.1, -0.05) is 29.8 Å². The van der Waals surface area contributed by atoms with Crippen molar-refractivity contribution < 1.29 is 14.6 Å². The molecule has 0 saturated heterocycles. The Hall–Kier alpha value is -1.32. The minimum atomic E-state index is -0.884. The van der Waals surface area contributed by atoms with Gasteiger partial charge >= 0.3 is 5.97 Å². The lowest BCUT2D eigenvalue weighted by Crippen LogP contribution is -2.45. The van der Waals surface area contributed by atoms with Gasteiger partial charge in [-0.15, -0.1) is 0 Å². The first-order valence-electron chi connectivity index (χ1n) is 6.82. The maximum absolute atomic E-state index is 10.9. The van der Waals surface area contributed by atoms with Crippen molar-refractivity contribution in [2.24, 2.45) is 11.8 Å². The highest BCUT2D eigenvalue weighted by atomic mass is 35.5. The maximum Gasteiger partial charge on any atom is 0.335 e. The third-order valence-electron chi connectivity index (χ3n) is 4.59. The van der Waals surface area contributed by atoms with Crippen molar-refractivity contribution in [3.8, 4) is 0 Å². The third-order valence-corrected chi connectivity index (χ3v) is 4.87. The minimum Gasteiger partial charge on any atom is -0.478 e. The van der Waals surface area contributed by atoms with E-state index in [2.05, 4.69) is 6.08 Å². The Kier molecular flexibility index (Phi) is 3.57. The normalized spacial score (nSPS) is 32.0. The predicted molar refractivity (Wildman–Crippen MR) is 77.1 cm³/mol. The molecule has 106 valence electrons. The number of fused-ring (bicyclic) bond motifs is 1. The lowest BCUT2D eigenvalue weighted by Gasteiger charge is -2.50. The van der Waals surface area contributed by atoms with Crippen LogP contribution in [0.25, 0.3) is 0 Å². The van der Waals surface area contributed by atoms with Gasteiger partial charge in [-0.3, -0.25) is 0 Å². The van der Waals surface area contributed by atoms with Crippen LogP contribution in [0.5, 0.6) is 0 Å².